The molecule has 6 nitrogen and oxygen atoms in total. The first-order valence-electron chi connectivity index (χ1n) is 8.67. The first-order valence-corrected chi connectivity index (χ1v) is 8.67. The number of carbonyl (C=O) groups is 1. The van der Waals surface area contributed by atoms with Gasteiger partial charge in [-0.25, -0.2) is 0 Å². The van der Waals surface area contributed by atoms with E-state index in [0.717, 1.165) is 37.2 Å². The molecule has 1 heterocycles. The Morgan fingerprint density at radius 3 is 2.60 bits per heavy atom. The highest BCUT2D eigenvalue weighted by atomic mass is 127. The molecule has 1 aromatic rings. The molecule has 1 aromatic carbocycles. The van der Waals surface area contributed by atoms with E-state index in [2.05, 4.69) is 15.6 Å². The van der Waals surface area contributed by atoms with Gasteiger partial charge in [0.25, 0.3) is 0 Å². The summed E-state index contributed by atoms with van der Waals surface area (Å²) in [5, 5.41) is 6.33. The zero-order valence-corrected chi connectivity index (χ0v) is 17.4. The van der Waals surface area contributed by atoms with Crippen molar-refractivity contribution in [1.82, 2.24) is 15.5 Å². The number of aliphatic imine (C=N–C) groups is 1. The van der Waals surface area contributed by atoms with E-state index >= 15 is 0 Å². The summed E-state index contributed by atoms with van der Waals surface area (Å²) in [6.45, 7) is 5.20. The third-order valence-electron chi connectivity index (χ3n) is 4.06. The molecule has 1 aliphatic rings. The fourth-order valence-corrected chi connectivity index (χ4v) is 2.76. The van der Waals surface area contributed by atoms with Crippen LogP contribution in [0.25, 0.3) is 0 Å². The molecular formula is C18H29IN4O2. The Morgan fingerprint density at radius 2 is 1.92 bits per heavy atom. The summed E-state index contributed by atoms with van der Waals surface area (Å²) in [6.07, 6.45) is 3.43. The molecule has 1 aliphatic heterocycles. The molecule has 7 heteroatoms. The van der Waals surface area contributed by atoms with E-state index in [0.29, 0.717) is 19.1 Å². The number of nitrogens with zero attached hydrogens (tertiary/aromatic N) is 2. The number of rotatable bonds is 6. The summed E-state index contributed by atoms with van der Waals surface area (Å²) in [4.78, 5) is 18.3. The van der Waals surface area contributed by atoms with Crippen LogP contribution in [0, 0.1) is 0 Å². The van der Waals surface area contributed by atoms with E-state index in [-0.39, 0.29) is 36.4 Å². The van der Waals surface area contributed by atoms with Gasteiger partial charge in [0.2, 0.25) is 5.91 Å². The van der Waals surface area contributed by atoms with Gasteiger partial charge in [-0.15, -0.1) is 24.0 Å². The normalized spacial score (nSPS) is 14.5. The molecule has 0 bridgehead atoms. The molecule has 0 atom stereocenters. The first-order chi connectivity index (χ1) is 11.7. The molecule has 0 spiro atoms. The summed E-state index contributed by atoms with van der Waals surface area (Å²) in [5.41, 5.74) is 1.06. The molecule has 2 N–H and O–H groups in total. The number of nitrogens with one attached hydrogen (secondary N) is 2. The van der Waals surface area contributed by atoms with Gasteiger partial charge >= 0.3 is 0 Å². The van der Waals surface area contributed by atoms with Gasteiger partial charge in [0.05, 0.1) is 13.2 Å². The van der Waals surface area contributed by atoms with Crippen LogP contribution in [-0.4, -0.2) is 50.1 Å². The fraction of sp³-hybridized carbons (Fsp3) is 0.556. The number of para-hydroxylation sites is 1. The molecule has 1 saturated heterocycles. The Kier molecular flexibility index (Phi) is 10.3. The van der Waals surface area contributed by atoms with Crippen LogP contribution in [0.1, 0.15) is 31.7 Å². The largest absolute Gasteiger partial charge is 0.494 e. The zero-order chi connectivity index (χ0) is 17.2. The molecule has 0 unspecified atom stereocenters. The molecule has 0 radical (unpaired) electrons. The maximum atomic E-state index is 12.2. The number of halogens is 1. The Labute approximate surface area is 167 Å². The predicted octanol–water partition coefficient (Wildman–Crippen LogP) is 2.38. The van der Waals surface area contributed by atoms with Crippen molar-refractivity contribution in [3.8, 4) is 5.75 Å². The third-order valence-corrected chi connectivity index (χ3v) is 4.06. The smallest absolute Gasteiger partial charge is 0.241 e. The van der Waals surface area contributed by atoms with Gasteiger partial charge in [-0.3, -0.25) is 9.79 Å². The lowest BCUT2D eigenvalue weighted by molar-refractivity contribution is -0.130. The maximum Gasteiger partial charge on any atom is 0.241 e. The molecular weight excluding hydrogens is 431 g/mol. The number of piperidine rings is 1. The highest BCUT2D eigenvalue weighted by Gasteiger charge is 2.16. The number of likely N-dealkylation sites (tertiary alicyclic amines) is 1. The Balaban J connectivity index is 0.00000312. The molecule has 0 aliphatic carbocycles. The Bertz CT molecular complexity index is 560. The first kappa shape index (κ1) is 21.5. The topological polar surface area (TPSA) is 66.0 Å². The number of amides is 1. The van der Waals surface area contributed by atoms with Crippen molar-refractivity contribution in [1.29, 1.82) is 0 Å². The minimum absolute atomic E-state index is 0. The second-order valence-corrected chi connectivity index (χ2v) is 5.76. The van der Waals surface area contributed by atoms with Crippen LogP contribution < -0.4 is 15.4 Å². The lowest BCUT2D eigenvalue weighted by Crippen LogP contribution is -2.45. The average molecular weight is 460 g/mol. The van der Waals surface area contributed by atoms with E-state index in [9.17, 15) is 4.79 Å². The van der Waals surface area contributed by atoms with E-state index in [1.807, 2.05) is 36.1 Å². The SMILES string of the molecule is CCOc1ccccc1CNC(=NC)NCC(=O)N1CCCCC1.I. The van der Waals surface area contributed by atoms with E-state index in [1.54, 1.807) is 7.05 Å². The Morgan fingerprint density at radius 1 is 1.20 bits per heavy atom. The Hall–Kier alpha value is -1.51. The van der Waals surface area contributed by atoms with Crippen LogP contribution in [0.15, 0.2) is 29.3 Å². The molecule has 1 amide bonds. The van der Waals surface area contributed by atoms with Crippen LogP contribution in [0.4, 0.5) is 0 Å². The zero-order valence-electron chi connectivity index (χ0n) is 15.1. The lowest BCUT2D eigenvalue weighted by Gasteiger charge is -2.27. The van der Waals surface area contributed by atoms with Crippen LogP contribution in [0.3, 0.4) is 0 Å². The van der Waals surface area contributed by atoms with Crippen molar-refractivity contribution in [3.63, 3.8) is 0 Å². The molecule has 1 fully saturated rings. The molecule has 25 heavy (non-hydrogen) atoms. The second kappa shape index (κ2) is 11.9. The van der Waals surface area contributed by atoms with Crippen molar-refractivity contribution in [2.45, 2.75) is 32.7 Å². The second-order valence-electron chi connectivity index (χ2n) is 5.76. The summed E-state index contributed by atoms with van der Waals surface area (Å²) in [6, 6.07) is 7.91. The van der Waals surface area contributed by atoms with Crippen molar-refractivity contribution >= 4 is 35.8 Å². The number of ether oxygens (including phenoxy) is 1. The molecule has 0 saturated carbocycles. The monoisotopic (exact) mass is 460 g/mol. The van der Waals surface area contributed by atoms with Crippen molar-refractivity contribution in [2.75, 3.05) is 33.3 Å². The van der Waals surface area contributed by atoms with E-state index < -0.39 is 0 Å². The lowest BCUT2D eigenvalue weighted by atomic mass is 10.1. The number of carbonyl (C=O) groups excluding carboxylic acids is 1. The minimum Gasteiger partial charge on any atom is -0.494 e. The van der Waals surface area contributed by atoms with E-state index in [4.69, 9.17) is 4.74 Å². The average Bonchev–Trinajstić information content (AvgIpc) is 2.64. The van der Waals surface area contributed by atoms with Crippen LogP contribution in [-0.2, 0) is 11.3 Å². The minimum atomic E-state index is 0. The number of guanidine groups is 1. The number of hydrogen-bond acceptors (Lipinski definition) is 3. The molecule has 0 aromatic heterocycles. The number of benzene rings is 1. The summed E-state index contributed by atoms with van der Waals surface area (Å²) >= 11 is 0. The predicted molar refractivity (Wildman–Crippen MR) is 112 cm³/mol. The van der Waals surface area contributed by atoms with Gasteiger partial charge in [0, 0.05) is 32.2 Å². The van der Waals surface area contributed by atoms with Crippen molar-refractivity contribution < 1.29 is 9.53 Å². The van der Waals surface area contributed by atoms with E-state index in [1.165, 1.54) is 6.42 Å². The van der Waals surface area contributed by atoms with Gasteiger partial charge in [-0.05, 0) is 32.3 Å². The van der Waals surface area contributed by atoms with Crippen LogP contribution in [0.2, 0.25) is 0 Å². The van der Waals surface area contributed by atoms with Gasteiger partial charge in [-0.2, -0.15) is 0 Å². The van der Waals surface area contributed by atoms with Crippen LogP contribution in [0.5, 0.6) is 5.75 Å². The molecule has 2 rings (SSSR count). The summed E-state index contributed by atoms with van der Waals surface area (Å²) in [7, 11) is 1.70. The number of hydrogen-bond donors (Lipinski definition) is 2. The highest BCUT2D eigenvalue weighted by molar-refractivity contribution is 14.0. The van der Waals surface area contributed by atoms with Crippen LogP contribution >= 0.6 is 24.0 Å². The molecule has 140 valence electrons. The van der Waals surface area contributed by atoms with Crippen molar-refractivity contribution in [2.24, 2.45) is 4.99 Å². The fourth-order valence-electron chi connectivity index (χ4n) is 2.76. The van der Waals surface area contributed by atoms with Gasteiger partial charge in [0.1, 0.15) is 5.75 Å². The van der Waals surface area contributed by atoms with Gasteiger partial charge in [-0.1, -0.05) is 18.2 Å². The standard InChI is InChI=1S/C18H28N4O2.HI/c1-3-24-16-10-6-5-9-15(16)13-20-18(19-2)21-14-17(23)22-11-7-4-8-12-22;/h5-6,9-10H,3-4,7-8,11-14H2,1-2H3,(H2,19,20,21);1H. The van der Waals surface area contributed by atoms with Crippen molar-refractivity contribution in [3.05, 3.63) is 29.8 Å². The summed E-state index contributed by atoms with van der Waals surface area (Å²) < 4.78 is 5.62. The van der Waals surface area contributed by atoms with Gasteiger partial charge in [0.15, 0.2) is 5.96 Å². The van der Waals surface area contributed by atoms with Gasteiger partial charge < -0.3 is 20.3 Å². The quantitative estimate of drug-likeness (QED) is 0.389. The third kappa shape index (κ3) is 7.09. The maximum absolute atomic E-state index is 12.2. The highest BCUT2D eigenvalue weighted by Crippen LogP contribution is 2.17. The summed E-state index contributed by atoms with van der Waals surface area (Å²) in [5.74, 6) is 1.62.